The molecule has 3 rings (SSSR count). The number of likely N-dealkylation sites (tertiary alicyclic amines) is 1. The van der Waals surface area contributed by atoms with Crippen LogP contribution in [0.4, 0.5) is 11.4 Å². The fourth-order valence-electron chi connectivity index (χ4n) is 3.37. The SMILES string of the molecule is CC(O)C1CCCCN1C.Cc1[nH]n(-c2ccc([N+](=O)[O-])cc2)c(=O)c1[N+](=O)[O-]. The summed E-state index contributed by atoms with van der Waals surface area (Å²) < 4.78 is 0.969. The number of aryl methyl sites for hydroxylation is 1. The van der Waals surface area contributed by atoms with Crippen LogP contribution in [0.5, 0.6) is 0 Å². The molecular formula is C18H25N5O6. The molecule has 2 heterocycles. The Morgan fingerprint density at radius 1 is 1.17 bits per heavy atom. The van der Waals surface area contributed by atoms with Crippen molar-refractivity contribution in [3.05, 3.63) is 60.5 Å². The number of rotatable bonds is 4. The number of aromatic nitrogens is 2. The highest BCUT2D eigenvalue weighted by molar-refractivity contribution is 5.43. The number of nitrogens with zero attached hydrogens (tertiary/aromatic N) is 4. The molecule has 11 heteroatoms. The maximum atomic E-state index is 11.8. The van der Waals surface area contributed by atoms with Crippen LogP contribution in [0, 0.1) is 27.2 Å². The van der Waals surface area contributed by atoms with Crippen LogP contribution in [-0.2, 0) is 0 Å². The van der Waals surface area contributed by atoms with Gasteiger partial charge in [0.15, 0.2) is 0 Å². The molecule has 29 heavy (non-hydrogen) atoms. The number of benzene rings is 1. The molecule has 0 amide bonds. The smallest absolute Gasteiger partial charge is 0.356 e. The van der Waals surface area contributed by atoms with Gasteiger partial charge in [-0.05, 0) is 52.4 Å². The van der Waals surface area contributed by atoms with Crippen LogP contribution in [0.1, 0.15) is 31.9 Å². The number of nitro benzene ring substituents is 1. The van der Waals surface area contributed by atoms with Crippen molar-refractivity contribution in [3.63, 3.8) is 0 Å². The van der Waals surface area contributed by atoms with E-state index in [0.717, 1.165) is 17.6 Å². The number of hydrogen-bond donors (Lipinski definition) is 2. The first-order valence-corrected chi connectivity index (χ1v) is 9.22. The Kier molecular flexibility index (Phi) is 7.23. The number of non-ortho nitro benzene ring substituents is 1. The maximum absolute atomic E-state index is 11.8. The Morgan fingerprint density at radius 3 is 2.21 bits per heavy atom. The van der Waals surface area contributed by atoms with E-state index < -0.39 is 21.1 Å². The van der Waals surface area contributed by atoms with Gasteiger partial charge in [-0.25, -0.2) is 4.68 Å². The van der Waals surface area contributed by atoms with Crippen molar-refractivity contribution in [3.8, 4) is 5.69 Å². The van der Waals surface area contributed by atoms with Gasteiger partial charge in [0.2, 0.25) is 0 Å². The highest BCUT2D eigenvalue weighted by Gasteiger charge is 2.23. The number of hydrogen-bond acceptors (Lipinski definition) is 7. The van der Waals surface area contributed by atoms with Crippen molar-refractivity contribution in [2.24, 2.45) is 0 Å². The fourth-order valence-corrected chi connectivity index (χ4v) is 3.37. The van der Waals surface area contributed by atoms with E-state index >= 15 is 0 Å². The lowest BCUT2D eigenvalue weighted by Crippen LogP contribution is -2.43. The summed E-state index contributed by atoms with van der Waals surface area (Å²) >= 11 is 0. The van der Waals surface area contributed by atoms with Gasteiger partial charge >= 0.3 is 11.2 Å². The molecule has 2 aromatic rings. The number of aromatic amines is 1. The van der Waals surface area contributed by atoms with E-state index in [-0.39, 0.29) is 23.2 Å². The minimum atomic E-state index is -0.809. The first-order valence-electron chi connectivity index (χ1n) is 9.22. The second-order valence-corrected chi connectivity index (χ2v) is 7.04. The van der Waals surface area contributed by atoms with E-state index in [1.54, 1.807) is 0 Å². The molecule has 2 unspecified atom stereocenters. The van der Waals surface area contributed by atoms with E-state index in [0.29, 0.717) is 6.04 Å². The van der Waals surface area contributed by atoms with Crippen LogP contribution in [-0.4, -0.2) is 55.4 Å². The summed E-state index contributed by atoms with van der Waals surface area (Å²) in [6.07, 6.45) is 3.57. The van der Waals surface area contributed by atoms with Gasteiger partial charge in [-0.2, -0.15) is 0 Å². The van der Waals surface area contributed by atoms with Crippen molar-refractivity contribution in [2.75, 3.05) is 13.6 Å². The number of H-pyrrole nitrogens is 1. The van der Waals surface area contributed by atoms with Crippen molar-refractivity contribution < 1.29 is 15.0 Å². The topological polar surface area (TPSA) is 148 Å². The van der Waals surface area contributed by atoms with E-state index in [9.17, 15) is 30.1 Å². The van der Waals surface area contributed by atoms with Gasteiger partial charge in [0, 0.05) is 18.2 Å². The van der Waals surface area contributed by atoms with Crippen LogP contribution >= 0.6 is 0 Å². The molecule has 158 valence electrons. The number of likely N-dealkylation sites (N-methyl/N-ethyl adjacent to an activating group) is 1. The Balaban J connectivity index is 0.000000253. The Labute approximate surface area is 166 Å². The van der Waals surface area contributed by atoms with Gasteiger partial charge in [0.25, 0.3) is 5.69 Å². The monoisotopic (exact) mass is 407 g/mol. The first kappa shape index (κ1) is 22.2. The maximum Gasteiger partial charge on any atom is 0.356 e. The van der Waals surface area contributed by atoms with Crippen LogP contribution in [0.15, 0.2) is 29.1 Å². The standard InChI is InChI=1S/C10H8N4O5.C8H17NO/c1-6-9(14(18)19)10(15)12(11-6)7-2-4-8(5-3-7)13(16)17;1-7(10)8-5-3-4-6-9(8)2/h2-5,11H,1H3;7-8,10H,3-6H2,1-2H3. The number of aliphatic hydroxyl groups excluding tert-OH is 1. The van der Waals surface area contributed by atoms with E-state index in [1.807, 2.05) is 6.92 Å². The highest BCUT2D eigenvalue weighted by Crippen LogP contribution is 2.18. The van der Waals surface area contributed by atoms with Gasteiger partial charge in [0.05, 0.1) is 21.6 Å². The van der Waals surface area contributed by atoms with Crippen molar-refractivity contribution >= 4 is 11.4 Å². The third kappa shape index (κ3) is 5.27. The zero-order valence-electron chi connectivity index (χ0n) is 16.6. The van der Waals surface area contributed by atoms with Gasteiger partial charge in [-0.1, -0.05) is 6.42 Å². The van der Waals surface area contributed by atoms with Crippen molar-refractivity contribution in [1.82, 2.24) is 14.7 Å². The molecule has 0 bridgehead atoms. The van der Waals surface area contributed by atoms with E-state index in [4.69, 9.17) is 0 Å². The number of piperidine rings is 1. The van der Waals surface area contributed by atoms with Crippen LogP contribution in [0.25, 0.3) is 5.69 Å². The minimum absolute atomic E-state index is 0.119. The third-order valence-corrected chi connectivity index (χ3v) is 4.93. The zero-order chi connectivity index (χ0) is 21.7. The summed E-state index contributed by atoms with van der Waals surface area (Å²) in [6.45, 7) is 4.43. The summed E-state index contributed by atoms with van der Waals surface area (Å²) in [5.41, 5.74) is -1.08. The summed E-state index contributed by atoms with van der Waals surface area (Å²) in [5.74, 6) is 0. The molecule has 1 aliphatic heterocycles. The molecule has 1 aliphatic rings. The van der Waals surface area contributed by atoms with Crippen LogP contribution in [0.2, 0.25) is 0 Å². The van der Waals surface area contributed by atoms with Gasteiger partial charge in [-0.15, -0.1) is 0 Å². The van der Waals surface area contributed by atoms with Crippen molar-refractivity contribution in [1.29, 1.82) is 0 Å². The molecule has 1 aromatic carbocycles. The molecule has 2 N–H and O–H groups in total. The summed E-state index contributed by atoms with van der Waals surface area (Å²) in [5, 5.41) is 33.1. The summed E-state index contributed by atoms with van der Waals surface area (Å²) in [6, 6.07) is 5.50. The van der Waals surface area contributed by atoms with Gasteiger partial charge in [-0.3, -0.25) is 30.1 Å². The van der Waals surface area contributed by atoms with Gasteiger partial charge < -0.3 is 10.0 Å². The molecule has 2 atom stereocenters. The summed E-state index contributed by atoms with van der Waals surface area (Å²) in [7, 11) is 2.09. The second-order valence-electron chi connectivity index (χ2n) is 7.04. The number of nitrogens with one attached hydrogen (secondary N) is 1. The Morgan fingerprint density at radius 2 is 1.79 bits per heavy atom. The lowest BCUT2D eigenvalue weighted by atomic mass is 9.99. The molecule has 11 nitrogen and oxygen atoms in total. The lowest BCUT2D eigenvalue weighted by Gasteiger charge is -2.34. The van der Waals surface area contributed by atoms with Crippen LogP contribution < -0.4 is 5.56 Å². The quantitative estimate of drug-likeness (QED) is 0.583. The van der Waals surface area contributed by atoms with Crippen LogP contribution in [0.3, 0.4) is 0 Å². The van der Waals surface area contributed by atoms with Gasteiger partial charge in [0.1, 0.15) is 5.69 Å². The molecular weight excluding hydrogens is 382 g/mol. The molecule has 1 aromatic heterocycles. The van der Waals surface area contributed by atoms with E-state index in [2.05, 4.69) is 17.0 Å². The molecule has 1 saturated heterocycles. The molecule has 1 fully saturated rings. The normalized spacial score (nSPS) is 17.9. The average Bonchev–Trinajstić information content (AvgIpc) is 2.96. The largest absolute Gasteiger partial charge is 0.392 e. The predicted molar refractivity (Wildman–Crippen MR) is 106 cm³/mol. The first-order chi connectivity index (χ1) is 13.6. The average molecular weight is 407 g/mol. The molecule has 0 saturated carbocycles. The van der Waals surface area contributed by atoms with Crippen molar-refractivity contribution in [2.45, 2.75) is 45.3 Å². The minimum Gasteiger partial charge on any atom is -0.392 e. The zero-order valence-corrected chi connectivity index (χ0v) is 16.6. The molecule has 0 aliphatic carbocycles. The van der Waals surface area contributed by atoms with E-state index in [1.165, 1.54) is 44.0 Å². The number of aliphatic hydroxyl groups is 1. The highest BCUT2D eigenvalue weighted by atomic mass is 16.6. The number of nitro groups is 2. The predicted octanol–water partition coefficient (Wildman–Crippen LogP) is 2.14. The Bertz CT molecular complexity index is 918. The summed E-state index contributed by atoms with van der Waals surface area (Å²) in [4.78, 5) is 33.9. The second kappa shape index (κ2) is 9.43. The molecule has 0 spiro atoms. The Hall–Kier alpha value is -3.05. The fraction of sp³-hybridized carbons (Fsp3) is 0.500. The third-order valence-electron chi connectivity index (χ3n) is 4.93. The molecule has 0 radical (unpaired) electrons. The lowest BCUT2D eigenvalue weighted by molar-refractivity contribution is -0.386.